The predicted octanol–water partition coefficient (Wildman–Crippen LogP) is 2.14. The highest BCUT2D eigenvalue weighted by atomic mass is 16.4. The van der Waals surface area contributed by atoms with Crippen molar-refractivity contribution in [3.63, 3.8) is 0 Å². The molecule has 2 aliphatic rings. The van der Waals surface area contributed by atoms with E-state index in [1.54, 1.807) is 6.07 Å². The fraction of sp³-hybridized carbons (Fsp3) is 0.368. The predicted molar refractivity (Wildman–Crippen MR) is 92.3 cm³/mol. The van der Waals surface area contributed by atoms with Crippen LogP contribution in [0.15, 0.2) is 42.5 Å². The summed E-state index contributed by atoms with van der Waals surface area (Å²) in [6.07, 6.45) is 0.988. The van der Waals surface area contributed by atoms with Gasteiger partial charge in [-0.1, -0.05) is 30.3 Å². The van der Waals surface area contributed by atoms with E-state index in [1.165, 1.54) is 5.56 Å². The standard InChI is InChI=1S/C19H21N3O2/c20-17-3-1-2-16(21-17)13-6-4-12(5-7-13)8-9-22-10-14-15(11-22)18(14)19(23)24/h1-7,14-15,18H,8-11H2,(H2,20,21)(H,23,24). The number of aliphatic carboxylic acids is 1. The number of hydrogen-bond donors (Lipinski definition) is 2. The number of nitrogen functional groups attached to an aromatic ring is 1. The molecule has 2 unspecified atom stereocenters. The van der Waals surface area contributed by atoms with Crippen molar-refractivity contribution in [1.82, 2.24) is 9.88 Å². The molecule has 2 atom stereocenters. The first-order valence-electron chi connectivity index (χ1n) is 8.39. The minimum atomic E-state index is -0.615. The van der Waals surface area contributed by atoms with Crippen LogP contribution in [0.1, 0.15) is 5.56 Å². The fourth-order valence-corrected chi connectivity index (χ4v) is 3.90. The topological polar surface area (TPSA) is 79.5 Å². The van der Waals surface area contributed by atoms with Gasteiger partial charge in [0.1, 0.15) is 5.82 Å². The van der Waals surface area contributed by atoms with Crippen molar-refractivity contribution in [3.05, 3.63) is 48.0 Å². The van der Waals surface area contributed by atoms with Crippen molar-refractivity contribution in [2.24, 2.45) is 17.8 Å². The van der Waals surface area contributed by atoms with Crippen molar-refractivity contribution < 1.29 is 9.90 Å². The summed E-state index contributed by atoms with van der Waals surface area (Å²) in [4.78, 5) is 17.7. The molecular weight excluding hydrogens is 302 g/mol. The molecule has 5 nitrogen and oxygen atoms in total. The zero-order chi connectivity index (χ0) is 16.7. The number of aromatic nitrogens is 1. The van der Waals surface area contributed by atoms with E-state index in [0.29, 0.717) is 17.7 Å². The number of likely N-dealkylation sites (tertiary alicyclic amines) is 1. The van der Waals surface area contributed by atoms with Gasteiger partial charge in [0.05, 0.1) is 11.6 Å². The Morgan fingerprint density at radius 1 is 1.17 bits per heavy atom. The molecule has 1 aromatic heterocycles. The first-order valence-corrected chi connectivity index (χ1v) is 8.39. The molecule has 1 saturated heterocycles. The third-order valence-corrected chi connectivity index (χ3v) is 5.29. The molecule has 2 fully saturated rings. The van der Waals surface area contributed by atoms with E-state index < -0.39 is 5.97 Å². The van der Waals surface area contributed by atoms with Crippen LogP contribution in [0.2, 0.25) is 0 Å². The number of carboxylic acids is 1. The lowest BCUT2D eigenvalue weighted by atomic mass is 10.1. The molecule has 1 aromatic carbocycles. The summed E-state index contributed by atoms with van der Waals surface area (Å²) in [7, 11) is 0. The van der Waals surface area contributed by atoms with Gasteiger partial charge in [-0.2, -0.15) is 0 Å². The van der Waals surface area contributed by atoms with Crippen LogP contribution in [-0.2, 0) is 11.2 Å². The molecule has 124 valence electrons. The number of rotatable bonds is 5. The van der Waals surface area contributed by atoms with E-state index in [2.05, 4.69) is 34.1 Å². The molecule has 2 heterocycles. The number of benzene rings is 1. The number of nitrogens with zero attached hydrogens (tertiary/aromatic N) is 2. The Morgan fingerprint density at radius 3 is 2.50 bits per heavy atom. The van der Waals surface area contributed by atoms with Crippen LogP contribution in [0.5, 0.6) is 0 Å². The number of carbonyl (C=O) groups is 1. The highest BCUT2D eigenvalue weighted by Crippen LogP contribution is 2.51. The number of hydrogen-bond acceptors (Lipinski definition) is 4. The zero-order valence-electron chi connectivity index (χ0n) is 13.4. The molecular formula is C19H21N3O2. The van der Waals surface area contributed by atoms with Gasteiger partial charge in [0.15, 0.2) is 0 Å². The second kappa shape index (κ2) is 5.91. The summed E-state index contributed by atoms with van der Waals surface area (Å²) < 4.78 is 0. The largest absolute Gasteiger partial charge is 0.481 e. The molecule has 1 aliphatic carbocycles. The number of fused-ring (bicyclic) bond motifs is 1. The van der Waals surface area contributed by atoms with E-state index in [0.717, 1.165) is 37.3 Å². The molecule has 0 radical (unpaired) electrons. The Morgan fingerprint density at radius 2 is 1.88 bits per heavy atom. The van der Waals surface area contributed by atoms with Crippen LogP contribution >= 0.6 is 0 Å². The molecule has 0 spiro atoms. The lowest BCUT2D eigenvalue weighted by molar-refractivity contribution is -0.139. The van der Waals surface area contributed by atoms with E-state index in [9.17, 15) is 4.79 Å². The average molecular weight is 323 g/mol. The van der Waals surface area contributed by atoms with Gasteiger partial charge in [-0.3, -0.25) is 4.79 Å². The number of piperidine rings is 1. The third-order valence-electron chi connectivity index (χ3n) is 5.29. The highest BCUT2D eigenvalue weighted by molar-refractivity contribution is 5.74. The number of anilines is 1. The Bertz CT molecular complexity index is 747. The van der Waals surface area contributed by atoms with Crippen molar-refractivity contribution >= 4 is 11.8 Å². The summed E-state index contributed by atoms with van der Waals surface area (Å²) in [5.41, 5.74) is 8.98. The van der Waals surface area contributed by atoms with Crippen molar-refractivity contribution in [3.8, 4) is 11.3 Å². The number of pyridine rings is 1. The van der Waals surface area contributed by atoms with Gasteiger partial charge in [0.2, 0.25) is 0 Å². The molecule has 0 amide bonds. The minimum Gasteiger partial charge on any atom is -0.481 e. The normalized spacial score (nSPS) is 25.4. The lowest BCUT2D eigenvalue weighted by Crippen LogP contribution is -2.28. The molecule has 4 rings (SSSR count). The fourth-order valence-electron chi connectivity index (χ4n) is 3.90. The number of nitrogens with two attached hydrogens (primary N) is 1. The summed E-state index contributed by atoms with van der Waals surface area (Å²) in [5.74, 6) is 0.615. The van der Waals surface area contributed by atoms with Crippen LogP contribution in [-0.4, -0.2) is 40.6 Å². The second-order valence-corrected chi connectivity index (χ2v) is 6.85. The van der Waals surface area contributed by atoms with Gasteiger partial charge in [0, 0.05) is 25.2 Å². The first kappa shape index (κ1) is 15.1. The summed E-state index contributed by atoms with van der Waals surface area (Å²) >= 11 is 0. The van der Waals surface area contributed by atoms with Crippen LogP contribution in [0.25, 0.3) is 11.3 Å². The molecule has 0 bridgehead atoms. The monoisotopic (exact) mass is 323 g/mol. The van der Waals surface area contributed by atoms with E-state index in [1.807, 2.05) is 12.1 Å². The molecule has 24 heavy (non-hydrogen) atoms. The second-order valence-electron chi connectivity index (χ2n) is 6.85. The maximum atomic E-state index is 11.0. The smallest absolute Gasteiger partial charge is 0.307 e. The van der Waals surface area contributed by atoms with Crippen molar-refractivity contribution in [1.29, 1.82) is 0 Å². The Kier molecular flexibility index (Phi) is 3.73. The quantitative estimate of drug-likeness (QED) is 0.881. The third kappa shape index (κ3) is 2.87. The van der Waals surface area contributed by atoms with Crippen molar-refractivity contribution in [2.45, 2.75) is 6.42 Å². The van der Waals surface area contributed by atoms with Gasteiger partial charge in [-0.05, 0) is 36.0 Å². The van der Waals surface area contributed by atoms with Crippen LogP contribution in [0.3, 0.4) is 0 Å². The summed E-state index contributed by atoms with van der Waals surface area (Å²) in [6, 6.07) is 14.1. The molecule has 1 aliphatic heterocycles. The van der Waals surface area contributed by atoms with Crippen LogP contribution < -0.4 is 5.73 Å². The van der Waals surface area contributed by atoms with Crippen LogP contribution in [0.4, 0.5) is 5.82 Å². The Balaban J connectivity index is 1.32. The zero-order valence-corrected chi connectivity index (χ0v) is 13.4. The maximum Gasteiger partial charge on any atom is 0.307 e. The van der Waals surface area contributed by atoms with E-state index >= 15 is 0 Å². The Hall–Kier alpha value is -2.40. The van der Waals surface area contributed by atoms with Gasteiger partial charge in [0.25, 0.3) is 0 Å². The minimum absolute atomic E-state index is 0.0775. The molecule has 2 aromatic rings. The Labute approximate surface area is 141 Å². The van der Waals surface area contributed by atoms with Gasteiger partial charge >= 0.3 is 5.97 Å². The summed E-state index contributed by atoms with van der Waals surface area (Å²) in [6.45, 7) is 2.87. The van der Waals surface area contributed by atoms with Gasteiger partial charge in [-0.25, -0.2) is 4.98 Å². The SMILES string of the molecule is Nc1cccc(-c2ccc(CCN3CC4C(C3)C4C(=O)O)cc2)n1. The maximum absolute atomic E-state index is 11.0. The molecule has 5 heteroatoms. The van der Waals surface area contributed by atoms with E-state index in [-0.39, 0.29) is 5.92 Å². The molecule has 1 saturated carbocycles. The van der Waals surface area contributed by atoms with E-state index in [4.69, 9.17) is 10.8 Å². The highest BCUT2D eigenvalue weighted by Gasteiger charge is 2.59. The number of carboxylic acid groups (broad SMARTS) is 1. The first-order chi connectivity index (χ1) is 11.6. The lowest BCUT2D eigenvalue weighted by Gasteiger charge is -2.18. The van der Waals surface area contributed by atoms with Gasteiger partial charge < -0.3 is 15.7 Å². The average Bonchev–Trinajstić information content (AvgIpc) is 3.10. The van der Waals surface area contributed by atoms with Crippen molar-refractivity contribution in [2.75, 3.05) is 25.4 Å². The molecule has 3 N–H and O–H groups in total. The van der Waals surface area contributed by atoms with Gasteiger partial charge in [-0.15, -0.1) is 0 Å². The van der Waals surface area contributed by atoms with Crippen LogP contribution in [0, 0.1) is 17.8 Å². The summed E-state index contributed by atoms with van der Waals surface area (Å²) in [5, 5.41) is 9.06.